The van der Waals surface area contributed by atoms with Crippen LogP contribution in [0.4, 0.5) is 0 Å². The second-order valence-corrected chi connectivity index (χ2v) is 3.87. The summed E-state index contributed by atoms with van der Waals surface area (Å²) < 4.78 is 6.36. The number of aromatic nitrogens is 2. The van der Waals surface area contributed by atoms with Gasteiger partial charge in [-0.3, -0.25) is 4.98 Å². The topological polar surface area (TPSA) is 38.9 Å². The Morgan fingerprint density at radius 2 is 2.29 bits per heavy atom. The average Bonchev–Trinajstić information content (AvgIpc) is 2.86. The van der Waals surface area contributed by atoms with E-state index in [0.29, 0.717) is 0 Å². The van der Waals surface area contributed by atoms with Crippen LogP contribution in [0.5, 0.6) is 0 Å². The average molecular weight is 202 g/mol. The quantitative estimate of drug-likeness (QED) is 0.609. The van der Waals surface area contributed by atoms with Crippen molar-refractivity contribution < 1.29 is 4.42 Å². The zero-order chi connectivity index (χ0) is 9.38. The summed E-state index contributed by atoms with van der Waals surface area (Å²) in [5.41, 5.74) is 0.969. The van der Waals surface area contributed by atoms with Crippen molar-refractivity contribution in [2.75, 3.05) is 0 Å². The summed E-state index contributed by atoms with van der Waals surface area (Å²) in [7, 11) is 0. The van der Waals surface area contributed by atoms with Crippen LogP contribution in [0.3, 0.4) is 0 Å². The first-order valence-electron chi connectivity index (χ1n) is 4.18. The molecule has 0 aliphatic heterocycles. The first-order valence-corrected chi connectivity index (χ1v) is 4.99. The van der Waals surface area contributed by atoms with Crippen LogP contribution in [0.25, 0.3) is 21.0 Å². The highest BCUT2D eigenvalue weighted by Gasteiger charge is 2.07. The normalized spacial score (nSPS) is 10.9. The van der Waals surface area contributed by atoms with E-state index in [1.165, 1.54) is 0 Å². The first kappa shape index (κ1) is 7.70. The molecule has 0 aliphatic carbocycles. The Labute approximate surface area is 84.0 Å². The molecule has 3 aromatic rings. The van der Waals surface area contributed by atoms with Crippen LogP contribution >= 0.6 is 11.3 Å². The molecule has 3 aromatic heterocycles. The molecule has 0 saturated heterocycles. The molecule has 0 bridgehead atoms. The summed E-state index contributed by atoms with van der Waals surface area (Å²) in [6, 6.07) is 5.67. The van der Waals surface area contributed by atoms with Gasteiger partial charge in [-0.1, -0.05) is 0 Å². The minimum Gasteiger partial charge on any atom is -0.462 e. The van der Waals surface area contributed by atoms with Gasteiger partial charge in [-0.25, -0.2) is 4.98 Å². The number of thiazole rings is 1. The van der Waals surface area contributed by atoms with Crippen LogP contribution in [0.2, 0.25) is 0 Å². The van der Waals surface area contributed by atoms with Crippen LogP contribution < -0.4 is 0 Å². The van der Waals surface area contributed by atoms with Crippen molar-refractivity contribution >= 4 is 21.6 Å². The number of hydrogen-bond acceptors (Lipinski definition) is 4. The van der Waals surface area contributed by atoms with E-state index in [1.807, 2.05) is 24.4 Å². The van der Waals surface area contributed by atoms with Crippen molar-refractivity contribution in [2.24, 2.45) is 0 Å². The maximum Gasteiger partial charge on any atom is 0.162 e. The number of rotatable bonds is 1. The fourth-order valence-corrected chi connectivity index (χ4v) is 2.19. The Morgan fingerprint density at radius 3 is 3.07 bits per heavy atom. The largest absolute Gasteiger partial charge is 0.462 e. The van der Waals surface area contributed by atoms with E-state index in [9.17, 15) is 0 Å². The zero-order valence-corrected chi connectivity index (χ0v) is 7.99. The fraction of sp³-hybridized carbons (Fsp3) is 0. The van der Waals surface area contributed by atoms with Gasteiger partial charge in [0, 0.05) is 12.4 Å². The molecule has 0 saturated carbocycles. The summed E-state index contributed by atoms with van der Waals surface area (Å²) in [6.45, 7) is 0. The second-order valence-electron chi connectivity index (χ2n) is 2.84. The lowest BCUT2D eigenvalue weighted by Gasteiger charge is -1.84. The van der Waals surface area contributed by atoms with Gasteiger partial charge >= 0.3 is 0 Å². The highest BCUT2D eigenvalue weighted by atomic mass is 32.1. The lowest BCUT2D eigenvalue weighted by atomic mass is 10.4. The highest BCUT2D eigenvalue weighted by Crippen LogP contribution is 2.29. The molecule has 68 valence electrons. The smallest absolute Gasteiger partial charge is 0.162 e. The van der Waals surface area contributed by atoms with Crippen LogP contribution in [0, 0.1) is 0 Å². The Morgan fingerprint density at radius 1 is 1.29 bits per heavy atom. The summed E-state index contributed by atoms with van der Waals surface area (Å²) in [6.07, 6.45) is 5.22. The van der Waals surface area contributed by atoms with Gasteiger partial charge in [-0.2, -0.15) is 0 Å². The monoisotopic (exact) mass is 202 g/mol. The molecule has 0 unspecified atom stereocenters. The lowest BCUT2D eigenvalue weighted by molar-refractivity contribution is 0.582. The van der Waals surface area contributed by atoms with E-state index in [4.69, 9.17) is 4.42 Å². The lowest BCUT2D eigenvalue weighted by Crippen LogP contribution is -1.70. The molecule has 3 heterocycles. The molecule has 3 rings (SSSR count). The van der Waals surface area contributed by atoms with Crippen LogP contribution in [0.15, 0.2) is 41.3 Å². The predicted octanol–water partition coefficient (Wildman–Crippen LogP) is 2.95. The maximum atomic E-state index is 5.28. The number of hydrogen-bond donors (Lipinski definition) is 0. The maximum absolute atomic E-state index is 5.28. The predicted molar refractivity (Wildman–Crippen MR) is 55.1 cm³/mol. The molecule has 0 aromatic carbocycles. The molecule has 0 amide bonds. The molecule has 0 aliphatic rings. The molecule has 0 N–H and O–H groups in total. The standard InChI is InChI=1S/C10H6N2OS/c1-2-8(13-5-1)10-12-7-3-4-11-6-9(7)14-10/h1-6H. The van der Waals surface area contributed by atoms with Crippen molar-refractivity contribution in [1.82, 2.24) is 9.97 Å². The Balaban J connectivity index is 2.24. The Hall–Kier alpha value is -1.68. The first-order chi connectivity index (χ1) is 6.93. The highest BCUT2D eigenvalue weighted by molar-refractivity contribution is 7.21. The molecule has 4 heteroatoms. The Kier molecular flexibility index (Phi) is 1.61. The molecule has 0 radical (unpaired) electrons. The van der Waals surface area contributed by atoms with E-state index < -0.39 is 0 Å². The van der Waals surface area contributed by atoms with Crippen LogP contribution in [0.1, 0.15) is 0 Å². The summed E-state index contributed by atoms with van der Waals surface area (Å²) in [5.74, 6) is 0.811. The minimum absolute atomic E-state index is 0.811. The molecule has 0 spiro atoms. The molecule has 14 heavy (non-hydrogen) atoms. The van der Waals surface area contributed by atoms with E-state index >= 15 is 0 Å². The van der Waals surface area contributed by atoms with Crippen molar-refractivity contribution in [3.63, 3.8) is 0 Å². The molecule has 0 fully saturated rings. The third kappa shape index (κ3) is 1.12. The number of pyridine rings is 1. The molecule has 3 nitrogen and oxygen atoms in total. The second kappa shape index (κ2) is 2.92. The number of furan rings is 1. The van der Waals surface area contributed by atoms with Crippen molar-refractivity contribution in [1.29, 1.82) is 0 Å². The van der Waals surface area contributed by atoms with E-state index in [1.54, 1.807) is 23.8 Å². The third-order valence-electron chi connectivity index (χ3n) is 1.92. The van der Waals surface area contributed by atoms with Gasteiger partial charge in [0.05, 0.1) is 16.5 Å². The van der Waals surface area contributed by atoms with Crippen LogP contribution in [-0.2, 0) is 0 Å². The summed E-state index contributed by atoms with van der Waals surface area (Å²) >= 11 is 1.59. The zero-order valence-electron chi connectivity index (χ0n) is 7.18. The number of nitrogens with zero attached hydrogens (tertiary/aromatic N) is 2. The van der Waals surface area contributed by atoms with Crippen molar-refractivity contribution in [3.8, 4) is 10.8 Å². The summed E-state index contributed by atoms with van der Waals surface area (Å²) in [4.78, 5) is 8.49. The fourth-order valence-electron chi connectivity index (χ4n) is 1.29. The van der Waals surface area contributed by atoms with Gasteiger partial charge in [0.2, 0.25) is 0 Å². The van der Waals surface area contributed by atoms with Crippen molar-refractivity contribution in [2.45, 2.75) is 0 Å². The summed E-state index contributed by atoms with van der Waals surface area (Å²) in [5, 5.41) is 0.901. The van der Waals surface area contributed by atoms with E-state index in [-0.39, 0.29) is 0 Å². The van der Waals surface area contributed by atoms with E-state index in [0.717, 1.165) is 21.0 Å². The minimum atomic E-state index is 0.811. The van der Waals surface area contributed by atoms with Crippen molar-refractivity contribution in [3.05, 3.63) is 36.9 Å². The van der Waals surface area contributed by atoms with Gasteiger partial charge in [-0.05, 0) is 18.2 Å². The SMILES string of the molecule is c1coc(-c2nc3ccncc3s2)c1. The molecule has 0 atom stereocenters. The van der Waals surface area contributed by atoms with Gasteiger partial charge in [0.1, 0.15) is 0 Å². The Bertz CT molecular complexity index is 523. The van der Waals surface area contributed by atoms with E-state index in [2.05, 4.69) is 9.97 Å². The molecular formula is C10H6N2OS. The van der Waals surface area contributed by atoms with Gasteiger partial charge in [0.25, 0.3) is 0 Å². The molecular weight excluding hydrogens is 196 g/mol. The number of fused-ring (bicyclic) bond motifs is 1. The van der Waals surface area contributed by atoms with Crippen LogP contribution in [-0.4, -0.2) is 9.97 Å². The third-order valence-corrected chi connectivity index (χ3v) is 2.94. The van der Waals surface area contributed by atoms with Gasteiger partial charge in [-0.15, -0.1) is 11.3 Å². The van der Waals surface area contributed by atoms with Gasteiger partial charge in [0.15, 0.2) is 10.8 Å². The van der Waals surface area contributed by atoms with Gasteiger partial charge < -0.3 is 4.42 Å².